The van der Waals surface area contributed by atoms with Crippen LogP contribution in [0.15, 0.2) is 61.2 Å². The van der Waals surface area contributed by atoms with Gasteiger partial charge in [0.15, 0.2) is 5.78 Å². The van der Waals surface area contributed by atoms with E-state index in [-0.39, 0.29) is 23.1 Å². The SMILES string of the molecule is C=CC(=O)O.CN1CCC(C(=O)c2cccc(N(C(N)=O)c3ccccc3C(F)(F)F)c2)CC1. The number of carbonyl (C=O) groups is 3. The van der Waals surface area contributed by atoms with E-state index in [0.717, 1.165) is 43.0 Å². The predicted octanol–water partition coefficient (Wildman–Crippen LogP) is 4.70. The molecule has 0 spiro atoms. The Hall–Kier alpha value is -3.66. The summed E-state index contributed by atoms with van der Waals surface area (Å²) in [6, 6.07) is 9.69. The average molecular weight is 477 g/mol. The van der Waals surface area contributed by atoms with Crippen molar-refractivity contribution in [1.29, 1.82) is 0 Å². The first kappa shape index (κ1) is 26.6. The lowest BCUT2D eigenvalue weighted by atomic mass is 9.89. The number of carbonyl (C=O) groups excluding carboxylic acids is 2. The summed E-state index contributed by atoms with van der Waals surface area (Å²) >= 11 is 0. The van der Waals surface area contributed by atoms with Gasteiger partial charge >= 0.3 is 18.2 Å². The first-order valence-electron chi connectivity index (χ1n) is 10.4. The molecular formula is C24H26F3N3O4. The highest BCUT2D eigenvalue weighted by molar-refractivity contribution is 6.02. The summed E-state index contributed by atoms with van der Waals surface area (Å²) in [6.45, 7) is 4.58. The van der Waals surface area contributed by atoms with Crippen molar-refractivity contribution in [3.8, 4) is 0 Å². The normalized spacial score (nSPS) is 14.5. The second kappa shape index (κ2) is 11.5. The zero-order chi connectivity index (χ0) is 25.5. The number of primary amides is 1. The number of urea groups is 1. The third-order valence-corrected chi connectivity index (χ3v) is 5.32. The van der Waals surface area contributed by atoms with Crippen LogP contribution in [0.25, 0.3) is 0 Å². The van der Waals surface area contributed by atoms with E-state index in [4.69, 9.17) is 10.8 Å². The molecule has 34 heavy (non-hydrogen) atoms. The molecule has 2 aromatic rings. The van der Waals surface area contributed by atoms with Crippen LogP contribution in [-0.4, -0.2) is 47.9 Å². The molecule has 1 aliphatic rings. The van der Waals surface area contributed by atoms with E-state index in [2.05, 4.69) is 11.5 Å². The Labute approximate surface area is 195 Å². The maximum Gasteiger partial charge on any atom is 0.418 e. The van der Waals surface area contributed by atoms with Crippen molar-refractivity contribution in [2.75, 3.05) is 25.0 Å². The van der Waals surface area contributed by atoms with Crippen LogP contribution < -0.4 is 10.6 Å². The van der Waals surface area contributed by atoms with E-state index in [9.17, 15) is 27.6 Å². The minimum Gasteiger partial charge on any atom is -0.478 e. The number of nitrogens with two attached hydrogens (primary N) is 1. The van der Waals surface area contributed by atoms with Gasteiger partial charge in [0.1, 0.15) is 0 Å². The van der Waals surface area contributed by atoms with E-state index in [1.165, 1.54) is 30.3 Å². The maximum atomic E-state index is 13.4. The van der Waals surface area contributed by atoms with Gasteiger partial charge in [-0.3, -0.25) is 9.69 Å². The quantitative estimate of drug-likeness (QED) is 0.480. The molecule has 182 valence electrons. The number of nitrogens with zero attached hydrogens (tertiary/aromatic N) is 2. The number of alkyl halides is 3. The number of aliphatic carboxylic acids is 1. The fourth-order valence-corrected chi connectivity index (χ4v) is 3.60. The lowest BCUT2D eigenvalue weighted by molar-refractivity contribution is -0.137. The number of para-hydroxylation sites is 1. The summed E-state index contributed by atoms with van der Waals surface area (Å²) in [5, 5.41) is 7.60. The van der Waals surface area contributed by atoms with E-state index in [1.807, 2.05) is 7.05 Å². The van der Waals surface area contributed by atoms with Crippen LogP contribution in [0.4, 0.5) is 29.3 Å². The van der Waals surface area contributed by atoms with Gasteiger partial charge in [-0.05, 0) is 57.2 Å². The fraction of sp³-hybridized carbons (Fsp3) is 0.292. The number of halogens is 3. The summed E-state index contributed by atoms with van der Waals surface area (Å²) in [5.74, 6) is -1.20. The second-order valence-electron chi connectivity index (χ2n) is 7.72. The standard InChI is InChI=1S/C21H22F3N3O2.C3H4O2/c1-26-11-9-14(10-12-26)19(28)15-5-4-6-16(13-15)27(20(25)29)18-8-3-2-7-17(18)21(22,23)24;1-2-3(4)5/h2-8,13-14H,9-12H2,1H3,(H2,25,29);2H,1H2,(H,4,5). The van der Waals surface area contributed by atoms with E-state index < -0.39 is 23.7 Å². The lowest BCUT2D eigenvalue weighted by Crippen LogP contribution is -2.34. The van der Waals surface area contributed by atoms with Gasteiger partial charge in [0.2, 0.25) is 0 Å². The number of piperidine rings is 1. The number of ketones is 1. The minimum atomic E-state index is -4.66. The highest BCUT2D eigenvalue weighted by Gasteiger charge is 2.36. The van der Waals surface area contributed by atoms with Crippen molar-refractivity contribution in [3.05, 3.63) is 72.3 Å². The number of anilines is 2. The Bertz CT molecular complexity index is 1050. The molecule has 0 unspecified atom stereocenters. The van der Waals surface area contributed by atoms with Crippen LogP contribution in [0.3, 0.4) is 0 Å². The van der Waals surface area contributed by atoms with Gasteiger partial charge in [-0.25, -0.2) is 9.59 Å². The van der Waals surface area contributed by atoms with E-state index in [1.54, 1.807) is 12.1 Å². The Kier molecular flexibility index (Phi) is 8.97. The van der Waals surface area contributed by atoms with Gasteiger partial charge in [-0.1, -0.05) is 30.8 Å². The predicted molar refractivity (Wildman–Crippen MR) is 122 cm³/mol. The Morgan fingerprint density at radius 1 is 1.12 bits per heavy atom. The molecule has 7 nitrogen and oxygen atoms in total. The summed E-state index contributed by atoms with van der Waals surface area (Å²) in [7, 11) is 1.99. The molecule has 2 aromatic carbocycles. The molecule has 1 saturated heterocycles. The van der Waals surface area contributed by atoms with Crippen LogP contribution in [0, 0.1) is 5.92 Å². The van der Waals surface area contributed by atoms with Gasteiger partial charge in [0, 0.05) is 17.6 Å². The maximum absolute atomic E-state index is 13.4. The molecule has 0 aliphatic carbocycles. The number of carboxylic acid groups (broad SMARTS) is 1. The first-order valence-corrected chi connectivity index (χ1v) is 10.4. The van der Waals surface area contributed by atoms with Crippen molar-refractivity contribution in [3.63, 3.8) is 0 Å². The highest BCUT2D eigenvalue weighted by atomic mass is 19.4. The Morgan fingerprint density at radius 3 is 2.24 bits per heavy atom. The first-order chi connectivity index (χ1) is 16.0. The molecule has 1 aliphatic heterocycles. The third kappa shape index (κ3) is 6.92. The largest absolute Gasteiger partial charge is 0.478 e. The lowest BCUT2D eigenvalue weighted by Gasteiger charge is -2.28. The Morgan fingerprint density at radius 2 is 1.71 bits per heavy atom. The molecule has 10 heteroatoms. The molecule has 3 N–H and O–H groups in total. The third-order valence-electron chi connectivity index (χ3n) is 5.32. The van der Waals surface area contributed by atoms with Gasteiger partial charge in [0.25, 0.3) is 0 Å². The highest BCUT2D eigenvalue weighted by Crippen LogP contribution is 2.39. The molecule has 3 rings (SSSR count). The molecule has 1 fully saturated rings. The number of amides is 2. The van der Waals surface area contributed by atoms with E-state index >= 15 is 0 Å². The molecule has 0 aromatic heterocycles. The molecule has 0 saturated carbocycles. The summed E-state index contributed by atoms with van der Waals surface area (Å²) in [5.41, 5.74) is 4.54. The van der Waals surface area contributed by atoms with Gasteiger partial charge in [-0.2, -0.15) is 13.2 Å². The smallest absolute Gasteiger partial charge is 0.418 e. The summed E-state index contributed by atoms with van der Waals surface area (Å²) < 4.78 is 40.3. The average Bonchev–Trinajstić information content (AvgIpc) is 2.79. The number of hydrogen-bond acceptors (Lipinski definition) is 4. The zero-order valence-corrected chi connectivity index (χ0v) is 18.6. The second-order valence-corrected chi connectivity index (χ2v) is 7.72. The molecule has 1 heterocycles. The number of hydrogen-bond donors (Lipinski definition) is 2. The number of carboxylic acids is 1. The van der Waals surface area contributed by atoms with Gasteiger partial charge in [0.05, 0.1) is 16.9 Å². The summed E-state index contributed by atoms with van der Waals surface area (Å²) in [6.07, 6.45) is -2.39. The molecule has 0 radical (unpaired) electrons. The zero-order valence-electron chi connectivity index (χ0n) is 18.6. The van der Waals surface area contributed by atoms with Crippen LogP contribution in [0.5, 0.6) is 0 Å². The van der Waals surface area contributed by atoms with Crippen molar-refractivity contribution >= 4 is 29.2 Å². The number of rotatable bonds is 5. The summed E-state index contributed by atoms with van der Waals surface area (Å²) in [4.78, 5) is 37.1. The van der Waals surface area contributed by atoms with Gasteiger partial charge in [-0.15, -0.1) is 0 Å². The van der Waals surface area contributed by atoms with Gasteiger partial charge < -0.3 is 15.7 Å². The molecule has 2 amide bonds. The van der Waals surface area contributed by atoms with Crippen LogP contribution in [0.2, 0.25) is 0 Å². The molecule has 0 atom stereocenters. The van der Waals surface area contributed by atoms with Crippen LogP contribution in [0.1, 0.15) is 28.8 Å². The molecule has 0 bridgehead atoms. The topological polar surface area (TPSA) is 104 Å². The number of Topliss-reactive ketones (excluding diaryl/α,β-unsaturated/α-hetero) is 1. The van der Waals surface area contributed by atoms with Crippen molar-refractivity contribution in [2.24, 2.45) is 11.7 Å². The Balaban J connectivity index is 0.000000739. The number of likely N-dealkylation sites (tertiary alicyclic amines) is 1. The van der Waals surface area contributed by atoms with Crippen LogP contribution >= 0.6 is 0 Å². The minimum absolute atomic E-state index is 0.0755. The fourth-order valence-electron chi connectivity index (χ4n) is 3.60. The number of benzene rings is 2. The van der Waals surface area contributed by atoms with E-state index in [0.29, 0.717) is 5.56 Å². The van der Waals surface area contributed by atoms with Crippen molar-refractivity contribution in [2.45, 2.75) is 19.0 Å². The van der Waals surface area contributed by atoms with Crippen molar-refractivity contribution < 1.29 is 32.7 Å². The van der Waals surface area contributed by atoms with Crippen LogP contribution in [-0.2, 0) is 11.0 Å². The molecular weight excluding hydrogens is 451 g/mol. The monoisotopic (exact) mass is 477 g/mol. The van der Waals surface area contributed by atoms with Crippen molar-refractivity contribution in [1.82, 2.24) is 4.90 Å².